The Labute approximate surface area is 116 Å². The van der Waals surface area contributed by atoms with Crippen molar-refractivity contribution in [3.63, 3.8) is 0 Å². The number of benzene rings is 1. The van der Waals surface area contributed by atoms with E-state index < -0.39 is 0 Å². The molecule has 0 aliphatic rings. The van der Waals surface area contributed by atoms with Crippen molar-refractivity contribution >= 4 is 11.0 Å². The van der Waals surface area contributed by atoms with E-state index in [4.69, 9.17) is 14.7 Å². The number of hydrogen-bond acceptors (Lipinski definition) is 5. The van der Waals surface area contributed by atoms with Crippen LogP contribution in [0.25, 0.3) is 22.4 Å². The van der Waals surface area contributed by atoms with Gasteiger partial charge >= 0.3 is 0 Å². The maximum Gasteiger partial charge on any atom is 0.243 e. The number of nitrogens with two attached hydrogens (primary N) is 1. The number of fused-ring (bicyclic) bond motifs is 1. The van der Waals surface area contributed by atoms with Gasteiger partial charge in [0.15, 0.2) is 0 Å². The molecule has 1 aromatic carbocycles. The van der Waals surface area contributed by atoms with Crippen LogP contribution in [0.3, 0.4) is 0 Å². The van der Waals surface area contributed by atoms with E-state index in [1.807, 2.05) is 24.3 Å². The molecule has 0 aliphatic heterocycles. The Balaban J connectivity index is 1.94. The van der Waals surface area contributed by atoms with Gasteiger partial charge in [0.05, 0.1) is 11.6 Å². The van der Waals surface area contributed by atoms with Crippen LogP contribution in [0.2, 0.25) is 0 Å². The summed E-state index contributed by atoms with van der Waals surface area (Å²) in [4.78, 5) is 4.39. The zero-order valence-electron chi connectivity index (χ0n) is 11.5. The maximum atomic E-state index is 6.06. The van der Waals surface area contributed by atoms with Gasteiger partial charge in [-0.1, -0.05) is 37.2 Å². The molecule has 3 rings (SSSR count). The molecular weight excluding hydrogens is 254 g/mol. The van der Waals surface area contributed by atoms with E-state index in [1.54, 1.807) is 6.26 Å². The number of furan rings is 1. The van der Waals surface area contributed by atoms with Gasteiger partial charge in [-0.15, -0.1) is 0 Å². The molecule has 3 aromatic rings. The molecule has 2 heterocycles. The molecule has 0 saturated carbocycles. The van der Waals surface area contributed by atoms with Crippen LogP contribution in [0.4, 0.5) is 0 Å². The molecule has 1 atom stereocenters. The van der Waals surface area contributed by atoms with Crippen LogP contribution in [0.1, 0.15) is 32.2 Å². The zero-order chi connectivity index (χ0) is 14.1. The van der Waals surface area contributed by atoms with Crippen LogP contribution >= 0.6 is 0 Å². The topological polar surface area (TPSA) is 78.1 Å². The minimum absolute atomic E-state index is 0.227. The summed E-state index contributed by atoms with van der Waals surface area (Å²) < 4.78 is 10.8. The van der Waals surface area contributed by atoms with Gasteiger partial charge in [0.2, 0.25) is 11.7 Å². The smallest absolute Gasteiger partial charge is 0.243 e. The first-order chi connectivity index (χ1) is 9.65. The predicted molar refractivity (Wildman–Crippen MR) is 75.9 cm³/mol. The molecule has 0 fully saturated rings. The third-order valence-electron chi connectivity index (χ3n) is 3.21. The molecule has 0 amide bonds. The molecule has 1 unspecified atom stereocenters. The lowest BCUT2D eigenvalue weighted by Gasteiger charge is -2.08. The van der Waals surface area contributed by atoms with Crippen molar-refractivity contribution in [2.45, 2.75) is 26.3 Å². The Morgan fingerprint density at radius 1 is 1.25 bits per heavy atom. The van der Waals surface area contributed by atoms with Crippen LogP contribution in [0, 0.1) is 5.92 Å². The van der Waals surface area contributed by atoms with E-state index in [0.717, 1.165) is 23.0 Å². The van der Waals surface area contributed by atoms with Gasteiger partial charge in [-0.3, -0.25) is 0 Å². The minimum Gasteiger partial charge on any atom is -0.464 e. The van der Waals surface area contributed by atoms with E-state index in [1.165, 1.54) is 0 Å². The number of nitrogens with zero attached hydrogens (tertiary/aromatic N) is 2. The Morgan fingerprint density at radius 3 is 2.85 bits per heavy atom. The predicted octanol–water partition coefficient (Wildman–Crippen LogP) is 3.53. The molecule has 0 radical (unpaired) electrons. The van der Waals surface area contributed by atoms with Gasteiger partial charge in [0.25, 0.3) is 0 Å². The van der Waals surface area contributed by atoms with Crippen LogP contribution < -0.4 is 5.73 Å². The van der Waals surface area contributed by atoms with Crippen molar-refractivity contribution in [1.29, 1.82) is 0 Å². The van der Waals surface area contributed by atoms with Gasteiger partial charge < -0.3 is 14.7 Å². The van der Waals surface area contributed by atoms with Crippen LogP contribution in [0.5, 0.6) is 0 Å². The molecule has 0 aliphatic carbocycles. The fraction of sp³-hybridized carbons (Fsp3) is 0.333. The highest BCUT2D eigenvalue weighted by Crippen LogP contribution is 2.29. The monoisotopic (exact) mass is 271 g/mol. The van der Waals surface area contributed by atoms with E-state index in [0.29, 0.717) is 17.6 Å². The molecule has 0 bridgehead atoms. The van der Waals surface area contributed by atoms with Crippen molar-refractivity contribution in [1.82, 2.24) is 10.1 Å². The fourth-order valence-corrected chi connectivity index (χ4v) is 2.25. The van der Waals surface area contributed by atoms with Crippen LogP contribution in [0.15, 0.2) is 39.5 Å². The SMILES string of the molecule is CC(C)CC(N)c1nc(-c2coc3ccccc23)no1. The lowest BCUT2D eigenvalue weighted by molar-refractivity contribution is 0.335. The Kier molecular flexibility index (Phi) is 3.28. The molecule has 5 nitrogen and oxygen atoms in total. The minimum atomic E-state index is -0.227. The largest absolute Gasteiger partial charge is 0.464 e. The number of rotatable bonds is 4. The number of aromatic nitrogens is 2. The second-order valence-electron chi connectivity index (χ2n) is 5.34. The Bertz CT molecular complexity index is 715. The highest BCUT2D eigenvalue weighted by molar-refractivity contribution is 5.91. The van der Waals surface area contributed by atoms with Gasteiger partial charge in [-0.05, 0) is 18.4 Å². The lowest BCUT2D eigenvalue weighted by Crippen LogP contribution is -2.13. The van der Waals surface area contributed by atoms with Gasteiger partial charge in [0, 0.05) is 5.39 Å². The first-order valence-electron chi connectivity index (χ1n) is 6.71. The standard InChI is InChI=1S/C15H17N3O2/c1-9(2)7-12(16)15-17-14(18-20-15)11-8-19-13-6-4-3-5-10(11)13/h3-6,8-9,12H,7,16H2,1-2H3. The second-order valence-corrected chi connectivity index (χ2v) is 5.34. The first kappa shape index (κ1) is 12.9. The van der Waals surface area contributed by atoms with Crippen molar-refractivity contribution < 1.29 is 8.94 Å². The Hall–Kier alpha value is -2.14. The quantitative estimate of drug-likeness (QED) is 0.785. The average Bonchev–Trinajstić information content (AvgIpc) is 3.04. The summed E-state index contributed by atoms with van der Waals surface area (Å²) in [6.45, 7) is 4.22. The summed E-state index contributed by atoms with van der Waals surface area (Å²) in [6, 6.07) is 7.53. The highest BCUT2D eigenvalue weighted by atomic mass is 16.5. The zero-order valence-corrected chi connectivity index (χ0v) is 11.5. The maximum absolute atomic E-state index is 6.06. The molecule has 2 aromatic heterocycles. The van der Waals surface area contributed by atoms with E-state index in [9.17, 15) is 0 Å². The molecule has 104 valence electrons. The summed E-state index contributed by atoms with van der Waals surface area (Å²) in [6.07, 6.45) is 2.46. The van der Waals surface area contributed by atoms with Crippen molar-refractivity contribution in [2.24, 2.45) is 11.7 Å². The highest BCUT2D eigenvalue weighted by Gasteiger charge is 2.19. The molecule has 0 saturated heterocycles. The number of hydrogen-bond donors (Lipinski definition) is 1. The third-order valence-corrected chi connectivity index (χ3v) is 3.21. The van der Waals surface area contributed by atoms with E-state index >= 15 is 0 Å². The molecule has 2 N–H and O–H groups in total. The summed E-state index contributed by atoms with van der Waals surface area (Å²) in [5.74, 6) is 1.47. The van der Waals surface area contributed by atoms with Crippen LogP contribution in [-0.4, -0.2) is 10.1 Å². The fourth-order valence-electron chi connectivity index (χ4n) is 2.25. The molecule has 20 heavy (non-hydrogen) atoms. The third kappa shape index (κ3) is 2.32. The van der Waals surface area contributed by atoms with Crippen molar-refractivity contribution in [3.05, 3.63) is 36.4 Å². The summed E-state index contributed by atoms with van der Waals surface area (Å²) in [7, 11) is 0. The average molecular weight is 271 g/mol. The lowest BCUT2D eigenvalue weighted by atomic mass is 10.0. The van der Waals surface area contributed by atoms with E-state index in [2.05, 4.69) is 24.0 Å². The van der Waals surface area contributed by atoms with Gasteiger partial charge in [-0.2, -0.15) is 4.98 Å². The number of para-hydroxylation sites is 1. The molecular formula is C15H17N3O2. The summed E-state index contributed by atoms with van der Waals surface area (Å²) >= 11 is 0. The molecule has 0 spiro atoms. The summed E-state index contributed by atoms with van der Waals surface area (Å²) in [5.41, 5.74) is 7.69. The molecule has 5 heteroatoms. The van der Waals surface area contributed by atoms with E-state index in [-0.39, 0.29) is 6.04 Å². The van der Waals surface area contributed by atoms with Crippen molar-refractivity contribution in [3.8, 4) is 11.4 Å². The second kappa shape index (κ2) is 5.09. The van der Waals surface area contributed by atoms with Crippen LogP contribution in [-0.2, 0) is 0 Å². The Morgan fingerprint density at radius 2 is 2.05 bits per heavy atom. The van der Waals surface area contributed by atoms with Gasteiger partial charge in [0.1, 0.15) is 11.8 Å². The first-order valence-corrected chi connectivity index (χ1v) is 6.71. The van der Waals surface area contributed by atoms with Gasteiger partial charge in [-0.25, -0.2) is 0 Å². The van der Waals surface area contributed by atoms with Crippen molar-refractivity contribution in [2.75, 3.05) is 0 Å². The summed E-state index contributed by atoms with van der Waals surface area (Å²) in [5, 5.41) is 4.98. The normalized spacial score (nSPS) is 13.2.